The van der Waals surface area contributed by atoms with Crippen LogP contribution < -0.4 is 0 Å². The maximum atomic E-state index is 10.6. The topological polar surface area (TPSA) is 37.3 Å². The summed E-state index contributed by atoms with van der Waals surface area (Å²) in [6.07, 6.45) is 4.91. The second-order valence-corrected chi connectivity index (χ2v) is 3.19. The van der Waals surface area contributed by atoms with E-state index in [0.29, 0.717) is 0 Å². The Labute approximate surface area is 72.6 Å². The van der Waals surface area contributed by atoms with Crippen molar-refractivity contribution in [2.45, 2.75) is 38.7 Å². The number of aliphatic hydroxyl groups excluding tert-OH is 1. The summed E-state index contributed by atoms with van der Waals surface area (Å²) in [5, 5.41) is 9.45. The minimum Gasteiger partial charge on any atom is -0.388 e. The highest BCUT2D eigenvalue weighted by Crippen LogP contribution is 2.22. The van der Waals surface area contributed by atoms with E-state index in [1.54, 1.807) is 0 Å². The van der Waals surface area contributed by atoms with Crippen molar-refractivity contribution in [3.8, 4) is 0 Å². The van der Waals surface area contributed by atoms with Crippen molar-refractivity contribution in [1.82, 2.24) is 0 Å². The molecule has 1 aliphatic rings. The molecule has 0 unspecified atom stereocenters. The first-order valence-electron chi connectivity index (χ1n) is 4.34. The Morgan fingerprint density at radius 3 is 3.00 bits per heavy atom. The van der Waals surface area contributed by atoms with Crippen LogP contribution in [-0.2, 0) is 4.79 Å². The Morgan fingerprint density at radius 2 is 2.42 bits per heavy atom. The zero-order chi connectivity index (χ0) is 8.97. The van der Waals surface area contributed by atoms with Gasteiger partial charge >= 0.3 is 0 Å². The highest BCUT2D eigenvalue weighted by atomic mass is 16.3. The summed E-state index contributed by atoms with van der Waals surface area (Å²) in [4.78, 5) is 10.6. The molecule has 0 radical (unpaired) electrons. The normalized spacial score (nSPS) is 23.2. The molecule has 12 heavy (non-hydrogen) atoms. The minimum absolute atomic E-state index is 0.0136. The van der Waals surface area contributed by atoms with Crippen molar-refractivity contribution in [3.05, 3.63) is 17.4 Å². The van der Waals surface area contributed by atoms with Crippen LogP contribution >= 0.6 is 0 Å². The molecule has 0 spiro atoms. The Hall–Kier alpha value is -0.850. The van der Waals surface area contributed by atoms with Gasteiger partial charge in [-0.15, -0.1) is 5.73 Å². The minimum atomic E-state index is -0.366. The lowest BCUT2D eigenvalue weighted by molar-refractivity contribution is -0.112. The molecule has 1 N–H and O–H groups in total. The fraction of sp³-hybridized carbons (Fsp3) is 0.600. The summed E-state index contributed by atoms with van der Waals surface area (Å²) < 4.78 is 0. The highest BCUT2D eigenvalue weighted by Gasteiger charge is 2.14. The first kappa shape index (κ1) is 9.24. The molecule has 0 heterocycles. The van der Waals surface area contributed by atoms with E-state index < -0.39 is 0 Å². The molecule has 1 saturated carbocycles. The molecule has 2 heteroatoms. The SMILES string of the molecule is CC(=O)C=C=C1CCCC[C@H]1O. The predicted octanol–water partition coefficient (Wildman–Crippen LogP) is 1.59. The van der Waals surface area contributed by atoms with Gasteiger partial charge in [-0.2, -0.15) is 0 Å². The third-order valence-electron chi connectivity index (χ3n) is 2.04. The molecule has 1 atom stereocenters. The number of carbonyl (C=O) groups excluding carboxylic acids is 1. The summed E-state index contributed by atoms with van der Waals surface area (Å²) >= 11 is 0. The molecule has 0 aromatic heterocycles. The van der Waals surface area contributed by atoms with Gasteiger partial charge in [-0.1, -0.05) is 6.42 Å². The Kier molecular flexibility index (Phi) is 3.27. The van der Waals surface area contributed by atoms with E-state index in [1.807, 2.05) is 0 Å². The van der Waals surface area contributed by atoms with Gasteiger partial charge in [-0.25, -0.2) is 0 Å². The summed E-state index contributed by atoms with van der Waals surface area (Å²) in [6, 6.07) is 0. The molecule has 0 aromatic carbocycles. The number of ketones is 1. The van der Waals surface area contributed by atoms with Gasteiger partial charge in [0.1, 0.15) is 0 Å². The fourth-order valence-corrected chi connectivity index (χ4v) is 1.36. The van der Waals surface area contributed by atoms with E-state index in [-0.39, 0.29) is 11.9 Å². The molecule has 0 saturated heterocycles. The van der Waals surface area contributed by atoms with Gasteiger partial charge in [0.2, 0.25) is 0 Å². The quantitative estimate of drug-likeness (QED) is 0.474. The van der Waals surface area contributed by atoms with Crippen LogP contribution in [0.2, 0.25) is 0 Å². The first-order chi connectivity index (χ1) is 5.70. The zero-order valence-corrected chi connectivity index (χ0v) is 7.34. The van der Waals surface area contributed by atoms with Crippen LogP contribution in [0.1, 0.15) is 32.6 Å². The third kappa shape index (κ3) is 2.65. The lowest BCUT2D eigenvalue weighted by Gasteiger charge is -2.17. The van der Waals surface area contributed by atoms with Crippen LogP contribution in [-0.4, -0.2) is 17.0 Å². The Bertz CT molecular complexity index is 234. The maximum absolute atomic E-state index is 10.6. The number of rotatable bonds is 1. The molecule has 2 nitrogen and oxygen atoms in total. The monoisotopic (exact) mass is 166 g/mol. The molecule has 66 valence electrons. The standard InChI is InChI=1S/C10H14O2/c1-8(11)6-7-9-4-2-3-5-10(9)12/h6,10,12H,2-5H2,1H3/t7?,10-/m1/s1. The molecule has 0 bridgehead atoms. The highest BCUT2D eigenvalue weighted by molar-refractivity contribution is 5.87. The predicted molar refractivity (Wildman–Crippen MR) is 46.8 cm³/mol. The molecular weight excluding hydrogens is 152 g/mol. The van der Waals surface area contributed by atoms with Crippen LogP contribution in [0, 0.1) is 0 Å². The van der Waals surface area contributed by atoms with Crippen LogP contribution in [0.25, 0.3) is 0 Å². The smallest absolute Gasteiger partial charge is 0.160 e. The summed E-state index contributed by atoms with van der Waals surface area (Å²) in [5.41, 5.74) is 3.75. The molecule has 0 aliphatic heterocycles. The number of aliphatic hydroxyl groups is 1. The second kappa shape index (κ2) is 4.24. The van der Waals surface area contributed by atoms with Crippen molar-refractivity contribution >= 4 is 5.78 Å². The van der Waals surface area contributed by atoms with Crippen molar-refractivity contribution < 1.29 is 9.90 Å². The Balaban J connectivity index is 2.71. The zero-order valence-electron chi connectivity index (χ0n) is 7.34. The van der Waals surface area contributed by atoms with Gasteiger partial charge in [0.05, 0.1) is 6.10 Å². The van der Waals surface area contributed by atoms with Crippen LogP contribution in [0.15, 0.2) is 17.4 Å². The molecule has 0 aromatic rings. The van der Waals surface area contributed by atoms with Gasteiger partial charge < -0.3 is 5.11 Å². The molecule has 0 amide bonds. The fourth-order valence-electron chi connectivity index (χ4n) is 1.36. The third-order valence-corrected chi connectivity index (χ3v) is 2.04. The lowest BCUT2D eigenvalue weighted by atomic mass is 9.93. The number of carbonyl (C=O) groups is 1. The molecule has 1 fully saturated rings. The van der Waals surface area contributed by atoms with Crippen molar-refractivity contribution in [2.24, 2.45) is 0 Å². The average molecular weight is 166 g/mol. The van der Waals surface area contributed by atoms with Crippen LogP contribution in [0.5, 0.6) is 0 Å². The Morgan fingerprint density at radius 1 is 1.67 bits per heavy atom. The van der Waals surface area contributed by atoms with E-state index >= 15 is 0 Å². The number of hydrogen-bond acceptors (Lipinski definition) is 2. The van der Waals surface area contributed by atoms with Gasteiger partial charge in [0.25, 0.3) is 0 Å². The second-order valence-electron chi connectivity index (χ2n) is 3.19. The van der Waals surface area contributed by atoms with Gasteiger partial charge in [-0.3, -0.25) is 4.79 Å². The number of hydrogen-bond donors (Lipinski definition) is 1. The van der Waals surface area contributed by atoms with Crippen molar-refractivity contribution in [1.29, 1.82) is 0 Å². The summed E-state index contributed by atoms with van der Waals surface area (Å²) in [6.45, 7) is 1.49. The summed E-state index contributed by atoms with van der Waals surface area (Å²) in [7, 11) is 0. The van der Waals surface area contributed by atoms with Gasteiger partial charge in [0.15, 0.2) is 5.78 Å². The average Bonchev–Trinajstić information content (AvgIpc) is 2.03. The summed E-state index contributed by atoms with van der Waals surface area (Å²) in [5.74, 6) is -0.0136. The first-order valence-corrected chi connectivity index (χ1v) is 4.34. The van der Waals surface area contributed by atoms with Crippen molar-refractivity contribution in [2.75, 3.05) is 0 Å². The van der Waals surface area contributed by atoms with E-state index in [2.05, 4.69) is 5.73 Å². The van der Waals surface area contributed by atoms with E-state index in [4.69, 9.17) is 0 Å². The van der Waals surface area contributed by atoms with E-state index in [1.165, 1.54) is 13.0 Å². The largest absolute Gasteiger partial charge is 0.388 e. The van der Waals surface area contributed by atoms with Crippen LogP contribution in [0.3, 0.4) is 0 Å². The lowest BCUT2D eigenvalue weighted by Crippen LogP contribution is -2.14. The molecule has 1 aliphatic carbocycles. The molecule has 1 rings (SSSR count). The maximum Gasteiger partial charge on any atom is 0.160 e. The van der Waals surface area contributed by atoms with Gasteiger partial charge in [0, 0.05) is 11.6 Å². The van der Waals surface area contributed by atoms with E-state index in [9.17, 15) is 9.90 Å². The van der Waals surface area contributed by atoms with Crippen molar-refractivity contribution in [3.63, 3.8) is 0 Å². The molecular formula is C10H14O2. The van der Waals surface area contributed by atoms with E-state index in [0.717, 1.165) is 31.3 Å². The van der Waals surface area contributed by atoms with Gasteiger partial charge in [-0.05, 0) is 26.2 Å². The van der Waals surface area contributed by atoms with Crippen LogP contribution in [0.4, 0.5) is 0 Å².